The molecule has 0 aromatic carbocycles. The standard InChI is InChI=1S/C23H28FN7S/c1-30-10-12-31(13-11-30)15-17-14-26-22(32-17)19-5-6-20(29-28-19)27-16-23(7-3-8-23)21-18(24)4-2-9-25-21/h2,4-6,9,14H,3,7-8,10-13,15-16H2,1H3,(H,27,29). The number of piperazine rings is 1. The van der Waals surface area contributed by atoms with Crippen LogP contribution in [-0.2, 0) is 12.0 Å². The molecule has 3 aromatic heterocycles. The van der Waals surface area contributed by atoms with E-state index in [1.165, 1.54) is 10.9 Å². The summed E-state index contributed by atoms with van der Waals surface area (Å²) >= 11 is 1.68. The smallest absolute Gasteiger partial charge is 0.148 e. The van der Waals surface area contributed by atoms with Crippen molar-refractivity contribution in [3.63, 3.8) is 0 Å². The Morgan fingerprint density at radius 1 is 1.09 bits per heavy atom. The van der Waals surface area contributed by atoms with E-state index in [9.17, 15) is 4.39 Å². The molecule has 0 bridgehead atoms. The van der Waals surface area contributed by atoms with Gasteiger partial charge >= 0.3 is 0 Å². The second-order valence-electron chi connectivity index (χ2n) is 8.84. The highest BCUT2D eigenvalue weighted by Crippen LogP contribution is 2.43. The largest absolute Gasteiger partial charge is 0.368 e. The minimum absolute atomic E-state index is 0.230. The van der Waals surface area contributed by atoms with Crippen LogP contribution in [0.25, 0.3) is 10.7 Å². The molecule has 0 atom stereocenters. The van der Waals surface area contributed by atoms with Gasteiger partial charge in [0.15, 0.2) is 0 Å². The SMILES string of the molecule is CN1CCN(Cc2cnc(-c3ccc(NCC4(c5ncccc5F)CCC4)nn3)s2)CC1. The quantitative estimate of drug-likeness (QED) is 0.588. The molecule has 1 N–H and O–H groups in total. The van der Waals surface area contributed by atoms with E-state index < -0.39 is 0 Å². The second kappa shape index (κ2) is 9.17. The minimum atomic E-state index is -0.265. The number of halogens is 1. The van der Waals surface area contributed by atoms with Crippen molar-refractivity contribution in [1.29, 1.82) is 0 Å². The number of likely N-dealkylation sites (N-methyl/N-ethyl adjacent to an activating group) is 1. The molecular formula is C23H28FN7S. The predicted octanol–water partition coefficient (Wildman–Crippen LogP) is 3.42. The lowest BCUT2D eigenvalue weighted by molar-refractivity contribution is 0.149. The highest BCUT2D eigenvalue weighted by Gasteiger charge is 2.41. The van der Waals surface area contributed by atoms with Gasteiger partial charge in [-0.05, 0) is 44.2 Å². The predicted molar refractivity (Wildman–Crippen MR) is 124 cm³/mol. The van der Waals surface area contributed by atoms with Gasteiger partial charge in [0.1, 0.15) is 22.3 Å². The average molecular weight is 454 g/mol. The number of rotatable bonds is 7. The number of anilines is 1. The van der Waals surface area contributed by atoms with Crippen LogP contribution in [0.15, 0.2) is 36.7 Å². The fourth-order valence-corrected chi connectivity index (χ4v) is 5.32. The number of hydrogen-bond acceptors (Lipinski definition) is 8. The Morgan fingerprint density at radius 2 is 1.94 bits per heavy atom. The highest BCUT2D eigenvalue weighted by atomic mass is 32.1. The Morgan fingerprint density at radius 3 is 2.62 bits per heavy atom. The third kappa shape index (κ3) is 4.51. The first-order valence-electron chi connectivity index (χ1n) is 11.2. The number of thiazole rings is 1. The van der Waals surface area contributed by atoms with Gasteiger partial charge in [-0.1, -0.05) is 6.42 Å². The fraction of sp³-hybridized carbons (Fsp3) is 0.478. The Kier molecular flexibility index (Phi) is 6.12. The maximum Gasteiger partial charge on any atom is 0.148 e. The van der Waals surface area contributed by atoms with Crippen LogP contribution in [0.1, 0.15) is 29.8 Å². The average Bonchev–Trinajstić information content (AvgIpc) is 3.25. The minimum Gasteiger partial charge on any atom is -0.368 e. The molecule has 1 aliphatic carbocycles. The van der Waals surface area contributed by atoms with Gasteiger partial charge in [-0.2, -0.15) is 0 Å². The summed E-state index contributed by atoms with van der Waals surface area (Å²) in [4.78, 5) is 15.0. The first-order valence-corrected chi connectivity index (χ1v) is 12.0. The molecular weight excluding hydrogens is 425 g/mol. The Labute approximate surface area is 191 Å². The summed E-state index contributed by atoms with van der Waals surface area (Å²) < 4.78 is 14.3. The van der Waals surface area contributed by atoms with Crippen molar-refractivity contribution in [2.45, 2.75) is 31.2 Å². The van der Waals surface area contributed by atoms with Gasteiger partial charge in [0.25, 0.3) is 0 Å². The van der Waals surface area contributed by atoms with E-state index in [0.717, 1.165) is 62.7 Å². The molecule has 9 heteroatoms. The maximum absolute atomic E-state index is 14.3. The lowest BCUT2D eigenvalue weighted by Crippen LogP contribution is -2.43. The van der Waals surface area contributed by atoms with Crippen LogP contribution in [0.3, 0.4) is 0 Å². The summed E-state index contributed by atoms with van der Waals surface area (Å²) in [5.41, 5.74) is 1.07. The first-order chi connectivity index (χ1) is 15.6. The summed E-state index contributed by atoms with van der Waals surface area (Å²) in [7, 11) is 2.17. The van der Waals surface area contributed by atoms with Crippen molar-refractivity contribution in [3.8, 4) is 10.7 Å². The van der Waals surface area contributed by atoms with Crippen LogP contribution in [0.4, 0.5) is 10.2 Å². The molecule has 2 fully saturated rings. The summed E-state index contributed by atoms with van der Waals surface area (Å²) in [5.74, 6) is 0.456. The van der Waals surface area contributed by atoms with Gasteiger partial charge < -0.3 is 10.2 Å². The van der Waals surface area contributed by atoms with Crippen LogP contribution in [0, 0.1) is 5.82 Å². The third-order valence-corrected chi connectivity index (χ3v) is 7.60. The molecule has 4 heterocycles. The Hall–Kier alpha value is -2.49. The molecule has 2 aliphatic rings. The Bertz CT molecular complexity index is 1040. The summed E-state index contributed by atoms with van der Waals surface area (Å²) in [6, 6.07) is 6.99. The zero-order valence-electron chi connectivity index (χ0n) is 18.3. The monoisotopic (exact) mass is 453 g/mol. The number of nitrogens with one attached hydrogen (secondary N) is 1. The van der Waals surface area contributed by atoms with Gasteiger partial charge in [0.05, 0.1) is 5.69 Å². The molecule has 0 spiro atoms. The lowest BCUT2D eigenvalue weighted by Gasteiger charge is -2.41. The molecule has 1 saturated carbocycles. The van der Waals surface area contributed by atoms with E-state index in [2.05, 4.69) is 42.3 Å². The van der Waals surface area contributed by atoms with Crippen LogP contribution < -0.4 is 5.32 Å². The van der Waals surface area contributed by atoms with Crippen molar-refractivity contribution in [2.75, 3.05) is 45.1 Å². The summed E-state index contributed by atoms with van der Waals surface area (Å²) in [6.45, 7) is 5.94. The zero-order valence-corrected chi connectivity index (χ0v) is 19.1. The van der Waals surface area contributed by atoms with E-state index >= 15 is 0 Å². The van der Waals surface area contributed by atoms with E-state index in [1.54, 1.807) is 23.6 Å². The Balaban J connectivity index is 1.20. The second-order valence-corrected chi connectivity index (χ2v) is 9.95. The van der Waals surface area contributed by atoms with Gasteiger partial charge in [0, 0.05) is 62.0 Å². The van der Waals surface area contributed by atoms with Crippen molar-refractivity contribution < 1.29 is 4.39 Å². The topological polar surface area (TPSA) is 70.1 Å². The van der Waals surface area contributed by atoms with Crippen LogP contribution in [0.5, 0.6) is 0 Å². The number of nitrogens with zero attached hydrogens (tertiary/aromatic N) is 6. The third-order valence-electron chi connectivity index (χ3n) is 6.59. The molecule has 0 radical (unpaired) electrons. The van der Waals surface area contributed by atoms with Crippen LogP contribution in [-0.4, -0.2) is 69.7 Å². The molecule has 1 aliphatic heterocycles. The molecule has 5 rings (SSSR count). The van der Waals surface area contributed by atoms with E-state index in [4.69, 9.17) is 0 Å². The van der Waals surface area contributed by atoms with Gasteiger partial charge in [-0.3, -0.25) is 9.88 Å². The molecule has 168 valence electrons. The molecule has 3 aromatic rings. The van der Waals surface area contributed by atoms with E-state index in [1.807, 2.05) is 18.3 Å². The van der Waals surface area contributed by atoms with E-state index in [-0.39, 0.29) is 11.2 Å². The molecule has 0 amide bonds. The summed E-state index contributed by atoms with van der Waals surface area (Å²) in [5, 5.41) is 13.0. The fourth-order valence-electron chi connectivity index (χ4n) is 4.40. The number of pyridine rings is 1. The van der Waals surface area contributed by atoms with Crippen LogP contribution in [0.2, 0.25) is 0 Å². The summed E-state index contributed by atoms with van der Waals surface area (Å²) in [6.07, 6.45) is 6.55. The highest BCUT2D eigenvalue weighted by molar-refractivity contribution is 7.14. The van der Waals surface area contributed by atoms with Crippen molar-refractivity contribution in [3.05, 3.63) is 53.0 Å². The van der Waals surface area contributed by atoms with Crippen molar-refractivity contribution >= 4 is 17.2 Å². The van der Waals surface area contributed by atoms with E-state index in [0.29, 0.717) is 18.1 Å². The molecule has 1 saturated heterocycles. The number of aromatic nitrogens is 4. The molecule has 32 heavy (non-hydrogen) atoms. The normalized spacial score (nSPS) is 18.9. The van der Waals surface area contributed by atoms with Crippen LogP contribution >= 0.6 is 11.3 Å². The van der Waals surface area contributed by atoms with Gasteiger partial charge in [-0.25, -0.2) is 9.37 Å². The van der Waals surface area contributed by atoms with Crippen molar-refractivity contribution in [2.24, 2.45) is 0 Å². The maximum atomic E-state index is 14.3. The zero-order chi connectivity index (χ0) is 22.0. The number of hydrogen-bond donors (Lipinski definition) is 1. The first kappa shape index (κ1) is 21.4. The van der Waals surface area contributed by atoms with Gasteiger partial charge in [0.2, 0.25) is 0 Å². The molecule has 0 unspecified atom stereocenters. The molecule has 7 nitrogen and oxygen atoms in total. The van der Waals surface area contributed by atoms with Crippen molar-refractivity contribution in [1.82, 2.24) is 30.0 Å². The van der Waals surface area contributed by atoms with Gasteiger partial charge in [-0.15, -0.1) is 21.5 Å². The lowest BCUT2D eigenvalue weighted by atomic mass is 9.66.